The van der Waals surface area contributed by atoms with Crippen LogP contribution < -0.4 is 5.73 Å². The summed E-state index contributed by atoms with van der Waals surface area (Å²) in [5.74, 6) is -0.0126. The fraction of sp³-hybridized carbons (Fsp3) is 0.286. The number of aromatic nitrogens is 2. The summed E-state index contributed by atoms with van der Waals surface area (Å²) < 4.78 is 0. The van der Waals surface area contributed by atoms with Crippen molar-refractivity contribution in [3.05, 3.63) is 36.2 Å². The highest BCUT2D eigenvalue weighted by Gasteiger charge is 2.15. The van der Waals surface area contributed by atoms with Gasteiger partial charge in [-0.05, 0) is 25.1 Å². The first-order valence-corrected chi connectivity index (χ1v) is 6.62. The van der Waals surface area contributed by atoms with Gasteiger partial charge in [0.05, 0.1) is 11.0 Å². The van der Waals surface area contributed by atoms with Crippen molar-refractivity contribution in [2.75, 3.05) is 13.1 Å². The van der Waals surface area contributed by atoms with Gasteiger partial charge >= 0.3 is 0 Å². The third-order valence-electron chi connectivity index (χ3n) is 3.15. The van der Waals surface area contributed by atoms with Crippen LogP contribution in [-0.4, -0.2) is 44.9 Å². The second-order valence-corrected chi connectivity index (χ2v) is 4.49. The standard InChI is InChI=1S/C14H17N5O2/c1-2-19(8-5-13(15)18-21)14(20)10-3-4-11-12(9-10)17-7-6-16-11/h3-4,6-7,9,21H,2,5,8H2,1H3,(H2,15,18). The van der Waals surface area contributed by atoms with Gasteiger partial charge in [-0.15, -0.1) is 0 Å². The van der Waals surface area contributed by atoms with Gasteiger partial charge in [-0.2, -0.15) is 0 Å². The Kier molecular flexibility index (Phi) is 4.65. The molecule has 0 aliphatic heterocycles. The molecular weight excluding hydrogens is 270 g/mol. The summed E-state index contributed by atoms with van der Waals surface area (Å²) in [5, 5.41) is 11.4. The van der Waals surface area contributed by atoms with E-state index in [2.05, 4.69) is 15.1 Å². The molecule has 0 aliphatic carbocycles. The molecule has 7 heteroatoms. The number of oxime groups is 1. The molecule has 7 nitrogen and oxygen atoms in total. The Labute approximate surface area is 122 Å². The van der Waals surface area contributed by atoms with E-state index in [1.807, 2.05) is 6.92 Å². The molecule has 21 heavy (non-hydrogen) atoms. The number of carbonyl (C=O) groups excluding carboxylic acids is 1. The second kappa shape index (κ2) is 6.65. The lowest BCUT2D eigenvalue weighted by Gasteiger charge is -2.20. The average molecular weight is 287 g/mol. The monoisotopic (exact) mass is 287 g/mol. The third-order valence-corrected chi connectivity index (χ3v) is 3.15. The minimum atomic E-state index is -0.115. The van der Waals surface area contributed by atoms with Crippen molar-refractivity contribution < 1.29 is 10.0 Å². The first kappa shape index (κ1) is 14.7. The lowest BCUT2D eigenvalue weighted by molar-refractivity contribution is 0.0768. The van der Waals surface area contributed by atoms with E-state index in [0.717, 1.165) is 5.52 Å². The van der Waals surface area contributed by atoms with E-state index in [4.69, 9.17) is 10.9 Å². The molecule has 0 fully saturated rings. The molecule has 0 radical (unpaired) electrons. The molecular formula is C14H17N5O2. The van der Waals surface area contributed by atoms with Crippen LogP contribution in [0, 0.1) is 0 Å². The Hall–Kier alpha value is -2.70. The van der Waals surface area contributed by atoms with E-state index in [1.165, 1.54) is 0 Å². The van der Waals surface area contributed by atoms with Gasteiger partial charge in [0.15, 0.2) is 0 Å². The summed E-state index contributed by atoms with van der Waals surface area (Å²) in [6.07, 6.45) is 3.52. The van der Waals surface area contributed by atoms with Gasteiger partial charge in [0.2, 0.25) is 0 Å². The molecule has 0 unspecified atom stereocenters. The zero-order chi connectivity index (χ0) is 15.2. The molecule has 0 atom stereocenters. The summed E-state index contributed by atoms with van der Waals surface area (Å²) in [4.78, 5) is 22.5. The maximum atomic E-state index is 12.5. The molecule has 1 amide bonds. The molecule has 1 aromatic carbocycles. The average Bonchev–Trinajstić information content (AvgIpc) is 2.54. The number of rotatable bonds is 5. The molecule has 0 bridgehead atoms. The lowest BCUT2D eigenvalue weighted by Crippen LogP contribution is -2.33. The van der Waals surface area contributed by atoms with Crippen molar-refractivity contribution in [3.63, 3.8) is 0 Å². The molecule has 0 aliphatic rings. The molecule has 1 aromatic heterocycles. The van der Waals surface area contributed by atoms with Crippen LogP contribution >= 0.6 is 0 Å². The van der Waals surface area contributed by atoms with Crippen LogP contribution in [0.5, 0.6) is 0 Å². The number of hydrogen-bond acceptors (Lipinski definition) is 5. The number of carbonyl (C=O) groups is 1. The van der Waals surface area contributed by atoms with Crippen molar-refractivity contribution >= 4 is 22.8 Å². The van der Waals surface area contributed by atoms with Gasteiger partial charge in [0.25, 0.3) is 5.91 Å². The van der Waals surface area contributed by atoms with Crippen LogP contribution in [-0.2, 0) is 0 Å². The van der Waals surface area contributed by atoms with Crippen LogP contribution in [0.1, 0.15) is 23.7 Å². The number of amides is 1. The Morgan fingerprint density at radius 3 is 2.71 bits per heavy atom. The highest BCUT2D eigenvalue weighted by Crippen LogP contribution is 2.13. The number of fused-ring (bicyclic) bond motifs is 1. The number of hydrogen-bond donors (Lipinski definition) is 2. The maximum Gasteiger partial charge on any atom is 0.253 e. The van der Waals surface area contributed by atoms with Crippen molar-refractivity contribution in [2.45, 2.75) is 13.3 Å². The summed E-state index contributed by atoms with van der Waals surface area (Å²) in [7, 11) is 0. The van der Waals surface area contributed by atoms with Crippen LogP contribution in [0.25, 0.3) is 11.0 Å². The lowest BCUT2D eigenvalue weighted by atomic mass is 10.1. The number of amidine groups is 1. The van der Waals surface area contributed by atoms with Crippen molar-refractivity contribution in [3.8, 4) is 0 Å². The summed E-state index contributed by atoms with van der Waals surface area (Å²) in [5.41, 5.74) is 7.40. The Morgan fingerprint density at radius 1 is 1.33 bits per heavy atom. The third kappa shape index (κ3) is 3.44. The smallest absolute Gasteiger partial charge is 0.253 e. The molecule has 1 heterocycles. The van der Waals surface area contributed by atoms with Crippen LogP contribution in [0.3, 0.4) is 0 Å². The fourth-order valence-corrected chi connectivity index (χ4v) is 1.98. The topological polar surface area (TPSA) is 105 Å². The second-order valence-electron chi connectivity index (χ2n) is 4.49. The summed E-state index contributed by atoms with van der Waals surface area (Å²) >= 11 is 0. The van der Waals surface area contributed by atoms with Crippen LogP contribution in [0.4, 0.5) is 0 Å². The molecule has 2 rings (SSSR count). The highest BCUT2D eigenvalue weighted by molar-refractivity contribution is 5.97. The number of nitrogens with two attached hydrogens (primary N) is 1. The van der Waals surface area contributed by atoms with E-state index < -0.39 is 0 Å². The van der Waals surface area contributed by atoms with Crippen LogP contribution in [0.15, 0.2) is 35.7 Å². The van der Waals surface area contributed by atoms with Gasteiger partial charge in [-0.3, -0.25) is 14.8 Å². The fourth-order valence-electron chi connectivity index (χ4n) is 1.98. The van der Waals surface area contributed by atoms with Crippen LogP contribution in [0.2, 0.25) is 0 Å². The van der Waals surface area contributed by atoms with Gasteiger partial charge < -0.3 is 15.8 Å². The number of benzene rings is 1. The van der Waals surface area contributed by atoms with Crippen molar-refractivity contribution in [1.82, 2.24) is 14.9 Å². The van der Waals surface area contributed by atoms with Crippen molar-refractivity contribution in [1.29, 1.82) is 0 Å². The molecule has 0 spiro atoms. The Bertz CT molecular complexity index is 671. The first-order chi connectivity index (χ1) is 10.2. The van der Waals surface area contributed by atoms with Gasteiger partial charge in [-0.1, -0.05) is 5.16 Å². The van der Waals surface area contributed by atoms with E-state index in [0.29, 0.717) is 30.6 Å². The Morgan fingerprint density at radius 2 is 2.05 bits per heavy atom. The zero-order valence-corrected chi connectivity index (χ0v) is 11.7. The maximum absolute atomic E-state index is 12.5. The molecule has 0 saturated carbocycles. The van der Waals surface area contributed by atoms with Gasteiger partial charge in [-0.25, -0.2) is 0 Å². The van der Waals surface area contributed by atoms with E-state index in [1.54, 1.807) is 35.5 Å². The summed E-state index contributed by atoms with van der Waals surface area (Å²) in [6.45, 7) is 2.81. The molecule has 0 saturated heterocycles. The minimum Gasteiger partial charge on any atom is -0.409 e. The van der Waals surface area contributed by atoms with Crippen molar-refractivity contribution in [2.24, 2.45) is 10.9 Å². The minimum absolute atomic E-state index is 0.102. The first-order valence-electron chi connectivity index (χ1n) is 6.62. The predicted molar refractivity (Wildman–Crippen MR) is 79.1 cm³/mol. The normalized spacial score (nSPS) is 11.6. The van der Waals surface area contributed by atoms with Gasteiger partial charge in [0.1, 0.15) is 5.84 Å². The SMILES string of the molecule is CCN(CCC(N)=NO)C(=O)c1ccc2nccnc2c1. The molecule has 3 N–H and O–H groups in total. The predicted octanol–water partition coefficient (Wildman–Crippen LogP) is 1.23. The van der Waals surface area contributed by atoms with E-state index in [-0.39, 0.29) is 11.7 Å². The Balaban J connectivity index is 2.18. The molecule has 110 valence electrons. The van der Waals surface area contributed by atoms with Gasteiger partial charge in [0, 0.05) is 37.5 Å². The molecule has 2 aromatic rings. The summed E-state index contributed by atoms with van der Waals surface area (Å²) in [6, 6.07) is 5.22. The van der Waals surface area contributed by atoms with E-state index >= 15 is 0 Å². The highest BCUT2D eigenvalue weighted by atomic mass is 16.4. The largest absolute Gasteiger partial charge is 0.409 e. The van der Waals surface area contributed by atoms with E-state index in [9.17, 15) is 4.79 Å². The number of nitrogens with zero attached hydrogens (tertiary/aromatic N) is 4. The zero-order valence-electron chi connectivity index (χ0n) is 11.7. The quantitative estimate of drug-likeness (QED) is 0.372.